The highest BCUT2D eigenvalue weighted by Gasteiger charge is 2.41. The standard InChI is InChI=1S/C20H34N4O2S/c1-16(17-10-8-7-9-11-17)23-19(2,3)14-22-18(21-6)24-12-13-27(25,26)20(4,5)15-24/h7-11,16,23H,12-15H2,1-6H3,(H,21,22). The summed E-state index contributed by atoms with van der Waals surface area (Å²) in [6.07, 6.45) is 0. The summed E-state index contributed by atoms with van der Waals surface area (Å²) in [6.45, 7) is 11.6. The van der Waals surface area contributed by atoms with Crippen LogP contribution in [-0.4, -0.2) is 62.0 Å². The van der Waals surface area contributed by atoms with Crippen LogP contribution in [0.3, 0.4) is 0 Å². The molecule has 1 saturated heterocycles. The molecule has 0 saturated carbocycles. The van der Waals surface area contributed by atoms with Gasteiger partial charge >= 0.3 is 0 Å². The maximum atomic E-state index is 12.2. The van der Waals surface area contributed by atoms with Crippen molar-refractivity contribution in [2.75, 3.05) is 32.4 Å². The van der Waals surface area contributed by atoms with Crippen molar-refractivity contribution in [1.29, 1.82) is 0 Å². The topological polar surface area (TPSA) is 73.8 Å². The van der Waals surface area contributed by atoms with E-state index in [-0.39, 0.29) is 17.3 Å². The molecule has 0 aromatic heterocycles. The smallest absolute Gasteiger partial charge is 0.193 e. The average molecular weight is 395 g/mol. The van der Waals surface area contributed by atoms with Crippen LogP contribution in [0.1, 0.15) is 46.2 Å². The fraction of sp³-hybridized carbons (Fsp3) is 0.650. The van der Waals surface area contributed by atoms with E-state index in [1.165, 1.54) is 5.56 Å². The molecule has 1 heterocycles. The predicted octanol–water partition coefficient (Wildman–Crippen LogP) is 2.20. The maximum Gasteiger partial charge on any atom is 0.193 e. The summed E-state index contributed by atoms with van der Waals surface area (Å²) in [5.41, 5.74) is 1.08. The van der Waals surface area contributed by atoms with Gasteiger partial charge in [0.1, 0.15) is 0 Å². The van der Waals surface area contributed by atoms with Crippen LogP contribution in [0.4, 0.5) is 0 Å². The van der Waals surface area contributed by atoms with Crippen molar-refractivity contribution in [2.24, 2.45) is 4.99 Å². The molecule has 0 aliphatic carbocycles. The van der Waals surface area contributed by atoms with Crippen molar-refractivity contribution in [1.82, 2.24) is 15.5 Å². The molecule has 1 aliphatic heterocycles. The summed E-state index contributed by atoms with van der Waals surface area (Å²) >= 11 is 0. The van der Waals surface area contributed by atoms with E-state index >= 15 is 0 Å². The number of nitrogens with zero attached hydrogens (tertiary/aromatic N) is 2. The Morgan fingerprint density at radius 2 is 1.93 bits per heavy atom. The van der Waals surface area contributed by atoms with E-state index in [2.05, 4.69) is 48.5 Å². The van der Waals surface area contributed by atoms with E-state index in [1.54, 1.807) is 20.9 Å². The zero-order valence-corrected chi connectivity index (χ0v) is 18.2. The number of sulfone groups is 1. The molecule has 0 bridgehead atoms. The molecule has 1 unspecified atom stereocenters. The predicted molar refractivity (Wildman–Crippen MR) is 113 cm³/mol. The molecule has 0 spiro atoms. The minimum absolute atomic E-state index is 0.160. The zero-order valence-electron chi connectivity index (χ0n) is 17.4. The fourth-order valence-electron chi connectivity index (χ4n) is 3.42. The third kappa shape index (κ3) is 5.45. The molecular formula is C20H34N4O2S. The lowest BCUT2D eigenvalue weighted by molar-refractivity contribution is 0.324. The van der Waals surface area contributed by atoms with Gasteiger partial charge in [-0.2, -0.15) is 0 Å². The summed E-state index contributed by atoms with van der Waals surface area (Å²) in [7, 11) is -1.32. The van der Waals surface area contributed by atoms with Crippen molar-refractivity contribution in [3.63, 3.8) is 0 Å². The van der Waals surface area contributed by atoms with E-state index in [0.29, 0.717) is 19.6 Å². The molecule has 2 rings (SSSR count). The van der Waals surface area contributed by atoms with Gasteiger partial charge in [0, 0.05) is 38.3 Å². The highest BCUT2D eigenvalue weighted by Crippen LogP contribution is 2.24. The lowest BCUT2D eigenvalue weighted by Crippen LogP contribution is -2.59. The van der Waals surface area contributed by atoms with Crippen LogP contribution in [0.5, 0.6) is 0 Å². The van der Waals surface area contributed by atoms with Gasteiger partial charge in [-0.3, -0.25) is 4.99 Å². The fourth-order valence-corrected chi connectivity index (χ4v) is 4.78. The molecule has 2 N–H and O–H groups in total. The molecule has 6 nitrogen and oxygen atoms in total. The van der Waals surface area contributed by atoms with Crippen LogP contribution in [0.25, 0.3) is 0 Å². The third-order valence-electron chi connectivity index (χ3n) is 5.15. The van der Waals surface area contributed by atoms with Crippen LogP contribution in [0.15, 0.2) is 35.3 Å². The molecule has 27 heavy (non-hydrogen) atoms. The largest absolute Gasteiger partial charge is 0.354 e. The lowest BCUT2D eigenvalue weighted by atomic mass is 10.0. The molecule has 0 radical (unpaired) electrons. The molecule has 1 aromatic carbocycles. The second-order valence-corrected chi connectivity index (χ2v) is 11.3. The molecular weight excluding hydrogens is 360 g/mol. The number of benzene rings is 1. The average Bonchev–Trinajstić information content (AvgIpc) is 2.59. The zero-order chi connectivity index (χ0) is 20.3. The number of hydrogen-bond donors (Lipinski definition) is 2. The first-order valence-corrected chi connectivity index (χ1v) is 11.1. The Kier molecular flexibility index (Phi) is 6.58. The van der Waals surface area contributed by atoms with E-state index < -0.39 is 14.6 Å². The van der Waals surface area contributed by atoms with Gasteiger partial charge in [-0.1, -0.05) is 30.3 Å². The van der Waals surface area contributed by atoms with Crippen LogP contribution in [0.2, 0.25) is 0 Å². The van der Waals surface area contributed by atoms with Crippen LogP contribution >= 0.6 is 0 Å². The first kappa shape index (κ1) is 21.7. The summed E-state index contributed by atoms with van der Waals surface area (Å²) < 4.78 is 23.7. The van der Waals surface area contributed by atoms with Gasteiger partial charge in [-0.05, 0) is 40.2 Å². The highest BCUT2D eigenvalue weighted by molar-refractivity contribution is 7.92. The molecule has 152 valence electrons. The minimum atomic E-state index is -3.06. The molecule has 7 heteroatoms. The van der Waals surface area contributed by atoms with Crippen LogP contribution in [0, 0.1) is 0 Å². The molecule has 0 amide bonds. The van der Waals surface area contributed by atoms with Crippen molar-refractivity contribution < 1.29 is 8.42 Å². The van der Waals surface area contributed by atoms with Crippen molar-refractivity contribution in [3.05, 3.63) is 35.9 Å². The number of aliphatic imine (C=N–C) groups is 1. The van der Waals surface area contributed by atoms with Crippen molar-refractivity contribution in [2.45, 2.75) is 50.9 Å². The molecule has 1 aliphatic rings. The normalized spacial score (nSPS) is 21.0. The SMILES string of the molecule is CN=C(NCC(C)(C)NC(C)c1ccccc1)N1CCS(=O)(=O)C(C)(C)C1. The molecule has 1 fully saturated rings. The quantitative estimate of drug-likeness (QED) is 0.592. The Morgan fingerprint density at radius 1 is 1.30 bits per heavy atom. The van der Waals surface area contributed by atoms with Crippen LogP contribution < -0.4 is 10.6 Å². The number of hydrogen-bond acceptors (Lipinski definition) is 4. The monoisotopic (exact) mass is 394 g/mol. The second kappa shape index (κ2) is 8.19. The summed E-state index contributed by atoms with van der Waals surface area (Å²) in [4.78, 5) is 6.41. The van der Waals surface area contributed by atoms with E-state index in [4.69, 9.17) is 0 Å². The summed E-state index contributed by atoms with van der Waals surface area (Å²) in [6, 6.07) is 10.6. The Morgan fingerprint density at radius 3 is 2.48 bits per heavy atom. The number of guanidine groups is 1. The first-order chi connectivity index (χ1) is 12.5. The maximum absolute atomic E-state index is 12.2. The van der Waals surface area contributed by atoms with Gasteiger partial charge in [0.2, 0.25) is 0 Å². The van der Waals surface area contributed by atoms with Crippen molar-refractivity contribution >= 4 is 15.8 Å². The van der Waals surface area contributed by atoms with Gasteiger partial charge < -0.3 is 15.5 Å². The van der Waals surface area contributed by atoms with Gasteiger partial charge in [0.15, 0.2) is 15.8 Å². The van der Waals surface area contributed by atoms with Gasteiger partial charge in [0.05, 0.1) is 10.5 Å². The Labute approximate surface area is 164 Å². The molecule has 1 atom stereocenters. The molecule has 1 aromatic rings. The van der Waals surface area contributed by atoms with Crippen LogP contribution in [-0.2, 0) is 9.84 Å². The van der Waals surface area contributed by atoms with Crippen molar-refractivity contribution in [3.8, 4) is 0 Å². The van der Waals surface area contributed by atoms with E-state index in [0.717, 1.165) is 5.96 Å². The Bertz CT molecular complexity index is 757. The lowest BCUT2D eigenvalue weighted by Gasteiger charge is -2.40. The van der Waals surface area contributed by atoms with Gasteiger partial charge in [-0.15, -0.1) is 0 Å². The van der Waals surface area contributed by atoms with E-state index in [9.17, 15) is 8.42 Å². The third-order valence-corrected chi connectivity index (χ3v) is 7.68. The van der Waals surface area contributed by atoms with Gasteiger partial charge in [0.25, 0.3) is 0 Å². The number of rotatable bonds is 5. The summed E-state index contributed by atoms with van der Waals surface area (Å²) in [5.74, 6) is 0.910. The minimum Gasteiger partial charge on any atom is -0.354 e. The van der Waals surface area contributed by atoms with Gasteiger partial charge in [-0.25, -0.2) is 8.42 Å². The first-order valence-electron chi connectivity index (χ1n) is 9.48. The number of nitrogens with one attached hydrogen (secondary N) is 2. The van der Waals surface area contributed by atoms with E-state index in [1.807, 2.05) is 23.1 Å². The summed E-state index contributed by atoms with van der Waals surface area (Å²) in [5, 5.41) is 7.07. The Balaban J connectivity index is 1.97. The second-order valence-electron chi connectivity index (χ2n) is 8.56. The Hall–Kier alpha value is -1.60. The highest BCUT2D eigenvalue weighted by atomic mass is 32.2.